The lowest BCUT2D eigenvalue weighted by molar-refractivity contribution is 0.0471. The first-order valence-electron chi connectivity index (χ1n) is 8.84. The minimum absolute atomic E-state index is 0.0839. The van der Waals surface area contributed by atoms with Gasteiger partial charge in [-0.15, -0.1) is 0 Å². The Balaban J connectivity index is 1.47. The standard InChI is InChI=1S/C21H23FN2O/c1-14-17-4-2-3-5-19(17)23-20(14)12-24-11-10-18(21(25)13-24)15-6-8-16(22)9-7-15/h2-9,18,21,23,25H,10-13H2,1H3/t18-,21+/m1/s1. The van der Waals surface area contributed by atoms with Gasteiger partial charge in [0.25, 0.3) is 0 Å². The third-order valence-corrected chi connectivity index (χ3v) is 5.42. The van der Waals surface area contributed by atoms with Gasteiger partial charge in [0.1, 0.15) is 5.82 Å². The van der Waals surface area contributed by atoms with Crippen LogP contribution in [0.4, 0.5) is 4.39 Å². The van der Waals surface area contributed by atoms with Crippen molar-refractivity contribution in [2.75, 3.05) is 13.1 Å². The average Bonchev–Trinajstić information content (AvgIpc) is 2.92. The summed E-state index contributed by atoms with van der Waals surface area (Å²) in [5.74, 6) is -0.148. The Morgan fingerprint density at radius 2 is 1.92 bits per heavy atom. The van der Waals surface area contributed by atoms with Gasteiger partial charge in [-0.2, -0.15) is 0 Å². The summed E-state index contributed by atoms with van der Waals surface area (Å²) in [5, 5.41) is 11.9. The van der Waals surface area contributed by atoms with Crippen LogP contribution in [-0.4, -0.2) is 34.2 Å². The fourth-order valence-corrected chi connectivity index (χ4v) is 3.96. The molecule has 1 saturated heterocycles. The maximum atomic E-state index is 13.1. The zero-order valence-corrected chi connectivity index (χ0v) is 14.4. The molecule has 2 atom stereocenters. The first kappa shape index (κ1) is 16.3. The number of aromatic nitrogens is 1. The lowest BCUT2D eigenvalue weighted by atomic mass is 9.87. The zero-order chi connectivity index (χ0) is 17.4. The Morgan fingerprint density at radius 3 is 2.64 bits per heavy atom. The summed E-state index contributed by atoms with van der Waals surface area (Å²) in [7, 11) is 0. The monoisotopic (exact) mass is 338 g/mol. The van der Waals surface area contributed by atoms with Crippen LogP contribution in [0.3, 0.4) is 0 Å². The fourth-order valence-electron chi connectivity index (χ4n) is 3.96. The van der Waals surface area contributed by atoms with E-state index in [1.54, 1.807) is 12.1 Å². The number of hydrogen-bond donors (Lipinski definition) is 2. The van der Waals surface area contributed by atoms with Crippen molar-refractivity contribution in [1.29, 1.82) is 0 Å². The predicted octanol–water partition coefficient (Wildman–Crippen LogP) is 3.97. The summed E-state index contributed by atoms with van der Waals surface area (Å²) >= 11 is 0. The van der Waals surface area contributed by atoms with Crippen molar-refractivity contribution in [3.63, 3.8) is 0 Å². The Labute approximate surface area is 147 Å². The van der Waals surface area contributed by atoms with Crippen LogP contribution in [0, 0.1) is 12.7 Å². The number of hydrogen-bond acceptors (Lipinski definition) is 2. The van der Waals surface area contributed by atoms with Crippen LogP contribution in [0.2, 0.25) is 0 Å². The molecule has 0 spiro atoms. The Morgan fingerprint density at radius 1 is 1.16 bits per heavy atom. The van der Waals surface area contributed by atoms with E-state index in [1.807, 2.05) is 6.07 Å². The zero-order valence-electron chi connectivity index (χ0n) is 14.4. The summed E-state index contributed by atoms with van der Waals surface area (Å²) in [4.78, 5) is 5.80. The Bertz CT molecular complexity index is 871. The van der Waals surface area contributed by atoms with Gasteiger partial charge in [-0.05, 0) is 49.2 Å². The third kappa shape index (κ3) is 3.20. The highest BCUT2D eigenvalue weighted by molar-refractivity contribution is 5.84. The van der Waals surface area contributed by atoms with Gasteiger partial charge in [0.05, 0.1) is 6.10 Å². The highest BCUT2D eigenvalue weighted by Crippen LogP contribution is 2.30. The van der Waals surface area contributed by atoms with Crippen molar-refractivity contribution in [2.24, 2.45) is 0 Å². The van der Waals surface area contributed by atoms with E-state index in [2.05, 4.69) is 35.0 Å². The second-order valence-electron chi connectivity index (χ2n) is 7.02. The van der Waals surface area contributed by atoms with Crippen molar-refractivity contribution >= 4 is 10.9 Å². The molecular formula is C21H23FN2O. The number of aromatic amines is 1. The van der Waals surface area contributed by atoms with Crippen molar-refractivity contribution in [2.45, 2.75) is 31.9 Å². The van der Waals surface area contributed by atoms with Crippen LogP contribution < -0.4 is 0 Å². The van der Waals surface area contributed by atoms with Crippen molar-refractivity contribution in [3.05, 3.63) is 71.2 Å². The van der Waals surface area contributed by atoms with Gasteiger partial charge in [-0.3, -0.25) is 4.90 Å². The lowest BCUT2D eigenvalue weighted by Gasteiger charge is -2.36. The van der Waals surface area contributed by atoms with Gasteiger partial charge in [-0.25, -0.2) is 4.39 Å². The molecule has 130 valence electrons. The fraction of sp³-hybridized carbons (Fsp3) is 0.333. The number of nitrogens with one attached hydrogen (secondary N) is 1. The van der Waals surface area contributed by atoms with Crippen LogP contribution >= 0.6 is 0 Å². The summed E-state index contributed by atoms with van der Waals surface area (Å²) in [6, 6.07) is 14.9. The number of nitrogens with zero attached hydrogens (tertiary/aromatic N) is 1. The van der Waals surface area contributed by atoms with E-state index >= 15 is 0 Å². The molecule has 1 aromatic heterocycles. The maximum Gasteiger partial charge on any atom is 0.123 e. The number of H-pyrrole nitrogens is 1. The molecule has 2 aromatic carbocycles. The van der Waals surface area contributed by atoms with E-state index < -0.39 is 6.10 Å². The van der Waals surface area contributed by atoms with Gasteiger partial charge >= 0.3 is 0 Å². The van der Waals surface area contributed by atoms with Crippen molar-refractivity contribution < 1.29 is 9.50 Å². The number of piperidine rings is 1. The smallest absolute Gasteiger partial charge is 0.123 e. The first-order valence-corrected chi connectivity index (χ1v) is 8.84. The number of β-amino-alcohol motifs (C(OH)–C–C–N with tert-alkyl or cyclic N) is 1. The van der Waals surface area contributed by atoms with Crippen LogP contribution in [0.5, 0.6) is 0 Å². The normalized spacial score (nSPS) is 21.7. The minimum atomic E-state index is -0.427. The number of para-hydroxylation sites is 1. The van der Waals surface area contributed by atoms with Crippen LogP contribution in [-0.2, 0) is 6.54 Å². The molecular weight excluding hydrogens is 315 g/mol. The van der Waals surface area contributed by atoms with Gasteiger partial charge < -0.3 is 10.1 Å². The van der Waals surface area contributed by atoms with Crippen LogP contribution in [0.25, 0.3) is 10.9 Å². The molecule has 1 fully saturated rings. The number of halogens is 1. The Hall–Kier alpha value is -2.17. The average molecular weight is 338 g/mol. The number of aryl methyl sites for hydroxylation is 1. The largest absolute Gasteiger partial charge is 0.391 e. The summed E-state index contributed by atoms with van der Waals surface area (Å²) in [6.45, 7) is 4.52. The molecule has 4 heteroatoms. The van der Waals surface area contributed by atoms with E-state index in [0.717, 1.165) is 30.6 Å². The molecule has 1 aliphatic rings. The molecule has 3 nitrogen and oxygen atoms in total. The van der Waals surface area contributed by atoms with E-state index in [9.17, 15) is 9.50 Å². The predicted molar refractivity (Wildman–Crippen MR) is 98.1 cm³/mol. The molecule has 0 saturated carbocycles. The molecule has 3 aromatic rings. The number of aliphatic hydroxyl groups is 1. The number of benzene rings is 2. The molecule has 0 aliphatic carbocycles. The first-order chi connectivity index (χ1) is 12.1. The number of rotatable bonds is 3. The molecule has 0 unspecified atom stereocenters. The van der Waals surface area contributed by atoms with Crippen LogP contribution in [0.15, 0.2) is 48.5 Å². The number of fused-ring (bicyclic) bond motifs is 1. The van der Waals surface area contributed by atoms with Gasteiger partial charge in [-0.1, -0.05) is 30.3 Å². The summed E-state index contributed by atoms with van der Waals surface area (Å²) < 4.78 is 13.1. The SMILES string of the molecule is Cc1c(CN2CC[C@H](c3ccc(F)cc3)[C@@H](O)C2)[nH]c2ccccc12. The Kier molecular flexibility index (Phi) is 4.32. The highest BCUT2D eigenvalue weighted by atomic mass is 19.1. The molecule has 2 heterocycles. The van der Waals surface area contributed by atoms with E-state index in [1.165, 1.54) is 28.8 Å². The lowest BCUT2D eigenvalue weighted by Crippen LogP contribution is -2.42. The highest BCUT2D eigenvalue weighted by Gasteiger charge is 2.29. The van der Waals surface area contributed by atoms with Crippen molar-refractivity contribution in [1.82, 2.24) is 9.88 Å². The second kappa shape index (κ2) is 6.62. The minimum Gasteiger partial charge on any atom is -0.391 e. The molecule has 1 aliphatic heterocycles. The molecule has 25 heavy (non-hydrogen) atoms. The summed E-state index contributed by atoms with van der Waals surface area (Å²) in [5.41, 5.74) is 4.69. The quantitative estimate of drug-likeness (QED) is 0.759. The van der Waals surface area contributed by atoms with E-state index in [0.29, 0.717) is 6.54 Å². The van der Waals surface area contributed by atoms with Gasteiger partial charge in [0.15, 0.2) is 0 Å². The third-order valence-electron chi connectivity index (χ3n) is 5.42. The second-order valence-corrected chi connectivity index (χ2v) is 7.02. The molecule has 4 rings (SSSR count). The van der Waals surface area contributed by atoms with E-state index in [4.69, 9.17) is 0 Å². The number of likely N-dealkylation sites (tertiary alicyclic amines) is 1. The molecule has 0 radical (unpaired) electrons. The molecule has 2 N–H and O–H groups in total. The van der Waals surface area contributed by atoms with Crippen molar-refractivity contribution in [3.8, 4) is 0 Å². The summed E-state index contributed by atoms with van der Waals surface area (Å²) in [6.07, 6.45) is 0.454. The molecule has 0 amide bonds. The molecule has 0 bridgehead atoms. The number of aliphatic hydroxyl groups excluding tert-OH is 1. The van der Waals surface area contributed by atoms with Gasteiger partial charge in [0.2, 0.25) is 0 Å². The topological polar surface area (TPSA) is 39.3 Å². The van der Waals surface area contributed by atoms with E-state index in [-0.39, 0.29) is 11.7 Å². The maximum absolute atomic E-state index is 13.1. The van der Waals surface area contributed by atoms with Gasteiger partial charge in [0, 0.05) is 35.6 Å². The van der Waals surface area contributed by atoms with Crippen LogP contribution in [0.1, 0.15) is 29.2 Å².